The molecule has 0 aromatic heterocycles. The number of ether oxygens (including phenoxy) is 2. The van der Waals surface area contributed by atoms with Crippen LogP contribution in [0.2, 0.25) is 0 Å². The van der Waals surface area contributed by atoms with Gasteiger partial charge in [0.1, 0.15) is 6.61 Å². The van der Waals surface area contributed by atoms with E-state index in [2.05, 4.69) is 0 Å². The Hall–Kier alpha value is -1.26. The molecule has 0 aliphatic heterocycles. The maximum atomic E-state index is 9.44. The van der Waals surface area contributed by atoms with Crippen molar-refractivity contribution in [2.24, 2.45) is 5.73 Å². The minimum absolute atomic E-state index is 0.0424. The van der Waals surface area contributed by atoms with Crippen LogP contribution in [0.4, 0.5) is 0 Å². The fourth-order valence-corrected chi connectivity index (χ4v) is 1.39. The summed E-state index contributed by atoms with van der Waals surface area (Å²) in [5, 5.41) is 9.44. The van der Waals surface area contributed by atoms with Crippen molar-refractivity contribution in [1.29, 1.82) is 0 Å². The van der Waals surface area contributed by atoms with E-state index in [0.717, 1.165) is 5.56 Å². The van der Waals surface area contributed by atoms with Crippen LogP contribution < -0.4 is 15.2 Å². The average Bonchev–Trinajstić information content (AvgIpc) is 2.35. The van der Waals surface area contributed by atoms with Crippen LogP contribution in [0.25, 0.3) is 0 Å². The van der Waals surface area contributed by atoms with Crippen molar-refractivity contribution in [3.05, 3.63) is 23.8 Å². The third-order valence-electron chi connectivity index (χ3n) is 2.62. The van der Waals surface area contributed by atoms with E-state index in [1.165, 1.54) is 0 Å². The molecule has 1 unspecified atom stereocenters. The van der Waals surface area contributed by atoms with Crippen LogP contribution in [0.15, 0.2) is 18.2 Å². The Kier molecular flexibility index (Phi) is 5.25. The lowest BCUT2D eigenvalue weighted by molar-refractivity contribution is 0.102. The fourth-order valence-electron chi connectivity index (χ4n) is 1.39. The van der Waals surface area contributed by atoms with Gasteiger partial charge in [-0.15, -0.1) is 0 Å². The van der Waals surface area contributed by atoms with Gasteiger partial charge in [0, 0.05) is 6.04 Å². The second kappa shape index (κ2) is 6.47. The zero-order valence-electron chi connectivity index (χ0n) is 10.6. The minimum atomic E-state index is -0.451. The number of nitrogens with two attached hydrogens (primary N) is 1. The van der Waals surface area contributed by atoms with Crippen molar-refractivity contribution in [2.75, 3.05) is 13.7 Å². The molecule has 4 heteroatoms. The molecule has 1 rings (SSSR count). The largest absolute Gasteiger partial charge is 0.493 e. The molecule has 17 heavy (non-hydrogen) atoms. The van der Waals surface area contributed by atoms with E-state index in [1.807, 2.05) is 32.0 Å². The molecule has 0 spiro atoms. The molecule has 1 aromatic rings. The second-order valence-electron chi connectivity index (χ2n) is 4.07. The van der Waals surface area contributed by atoms with Gasteiger partial charge in [0.15, 0.2) is 11.5 Å². The van der Waals surface area contributed by atoms with Gasteiger partial charge < -0.3 is 20.3 Å². The van der Waals surface area contributed by atoms with Gasteiger partial charge in [-0.1, -0.05) is 13.0 Å². The van der Waals surface area contributed by atoms with Crippen LogP contribution in [-0.2, 0) is 0 Å². The van der Waals surface area contributed by atoms with Gasteiger partial charge in [-0.25, -0.2) is 0 Å². The zero-order chi connectivity index (χ0) is 12.8. The highest BCUT2D eigenvalue weighted by atomic mass is 16.5. The van der Waals surface area contributed by atoms with Crippen LogP contribution in [0, 0.1) is 0 Å². The highest BCUT2D eigenvalue weighted by Gasteiger charge is 2.09. The number of aliphatic hydroxyl groups excluding tert-OH is 1. The van der Waals surface area contributed by atoms with Crippen LogP contribution in [0.3, 0.4) is 0 Å². The smallest absolute Gasteiger partial charge is 0.161 e. The van der Waals surface area contributed by atoms with E-state index >= 15 is 0 Å². The minimum Gasteiger partial charge on any atom is -0.493 e. The first-order chi connectivity index (χ1) is 8.08. The summed E-state index contributed by atoms with van der Waals surface area (Å²) in [4.78, 5) is 0. The summed E-state index contributed by atoms with van der Waals surface area (Å²) < 4.78 is 10.7. The molecule has 0 saturated heterocycles. The normalized spacial score (nSPS) is 14.2. The SMILES string of the molecule is CCC(O)COc1ccc([C@@H](C)N)cc1OC. The number of aliphatic hydroxyl groups is 1. The topological polar surface area (TPSA) is 64.7 Å². The molecule has 4 nitrogen and oxygen atoms in total. The molecule has 0 fully saturated rings. The number of methoxy groups -OCH3 is 1. The molecule has 3 N–H and O–H groups in total. The highest BCUT2D eigenvalue weighted by molar-refractivity contribution is 5.43. The van der Waals surface area contributed by atoms with Crippen molar-refractivity contribution in [3.8, 4) is 11.5 Å². The number of rotatable bonds is 6. The molecular formula is C13H21NO3. The van der Waals surface area contributed by atoms with Gasteiger partial charge in [0.05, 0.1) is 13.2 Å². The van der Waals surface area contributed by atoms with E-state index in [-0.39, 0.29) is 12.6 Å². The average molecular weight is 239 g/mol. The van der Waals surface area contributed by atoms with Gasteiger partial charge in [-0.05, 0) is 31.0 Å². The standard InChI is InChI=1S/C13H21NO3/c1-4-11(15)8-17-12-6-5-10(9(2)14)7-13(12)16-3/h5-7,9,11,15H,4,8,14H2,1-3H3/t9-,11?/m1/s1. The number of hydrogen-bond donors (Lipinski definition) is 2. The Labute approximate surface area is 102 Å². The third-order valence-corrected chi connectivity index (χ3v) is 2.62. The molecule has 0 aliphatic carbocycles. The fraction of sp³-hybridized carbons (Fsp3) is 0.538. The lowest BCUT2D eigenvalue weighted by Gasteiger charge is -2.15. The van der Waals surface area contributed by atoms with Gasteiger partial charge in [0.2, 0.25) is 0 Å². The lowest BCUT2D eigenvalue weighted by atomic mass is 10.1. The molecular weight excluding hydrogens is 218 g/mol. The predicted octanol–water partition coefficient (Wildman–Crippen LogP) is 1.86. The second-order valence-corrected chi connectivity index (χ2v) is 4.07. The predicted molar refractivity (Wildman–Crippen MR) is 67.4 cm³/mol. The summed E-state index contributed by atoms with van der Waals surface area (Å²) >= 11 is 0. The Morgan fingerprint density at radius 3 is 2.59 bits per heavy atom. The molecule has 0 aliphatic rings. The summed E-state index contributed by atoms with van der Waals surface area (Å²) in [6, 6.07) is 5.54. The van der Waals surface area contributed by atoms with Crippen molar-refractivity contribution in [1.82, 2.24) is 0 Å². The first kappa shape index (κ1) is 13.8. The van der Waals surface area contributed by atoms with Gasteiger partial charge in [-0.3, -0.25) is 0 Å². The molecule has 96 valence electrons. The molecule has 0 bridgehead atoms. The van der Waals surface area contributed by atoms with Gasteiger partial charge >= 0.3 is 0 Å². The van der Waals surface area contributed by atoms with Gasteiger partial charge in [-0.2, -0.15) is 0 Å². The summed E-state index contributed by atoms with van der Waals surface area (Å²) in [5.74, 6) is 1.27. The monoisotopic (exact) mass is 239 g/mol. The molecule has 2 atom stereocenters. The molecule has 0 radical (unpaired) electrons. The quantitative estimate of drug-likeness (QED) is 0.795. The lowest BCUT2D eigenvalue weighted by Crippen LogP contribution is -2.16. The van der Waals surface area contributed by atoms with E-state index in [1.54, 1.807) is 7.11 Å². The van der Waals surface area contributed by atoms with E-state index in [9.17, 15) is 5.11 Å². The first-order valence-electron chi connectivity index (χ1n) is 5.82. The number of benzene rings is 1. The maximum Gasteiger partial charge on any atom is 0.161 e. The van der Waals surface area contributed by atoms with Crippen molar-refractivity contribution in [2.45, 2.75) is 32.4 Å². The Morgan fingerprint density at radius 1 is 1.35 bits per heavy atom. The summed E-state index contributed by atoms with van der Waals surface area (Å²) in [7, 11) is 1.59. The summed E-state index contributed by atoms with van der Waals surface area (Å²) in [5.41, 5.74) is 6.79. The van der Waals surface area contributed by atoms with Crippen molar-refractivity contribution < 1.29 is 14.6 Å². The van der Waals surface area contributed by atoms with E-state index in [0.29, 0.717) is 17.9 Å². The van der Waals surface area contributed by atoms with Crippen molar-refractivity contribution >= 4 is 0 Å². The van der Waals surface area contributed by atoms with Gasteiger partial charge in [0.25, 0.3) is 0 Å². The molecule has 1 aromatic carbocycles. The van der Waals surface area contributed by atoms with E-state index < -0.39 is 6.10 Å². The first-order valence-corrected chi connectivity index (χ1v) is 5.82. The maximum absolute atomic E-state index is 9.44. The molecule has 0 amide bonds. The highest BCUT2D eigenvalue weighted by Crippen LogP contribution is 2.29. The van der Waals surface area contributed by atoms with Crippen LogP contribution >= 0.6 is 0 Å². The summed E-state index contributed by atoms with van der Waals surface area (Å²) in [6.07, 6.45) is 0.216. The molecule has 0 saturated carbocycles. The summed E-state index contributed by atoms with van der Waals surface area (Å²) in [6.45, 7) is 4.09. The van der Waals surface area contributed by atoms with Crippen LogP contribution in [0.5, 0.6) is 11.5 Å². The zero-order valence-corrected chi connectivity index (χ0v) is 10.6. The van der Waals surface area contributed by atoms with Crippen LogP contribution in [-0.4, -0.2) is 24.9 Å². The van der Waals surface area contributed by atoms with Crippen molar-refractivity contribution in [3.63, 3.8) is 0 Å². The van der Waals surface area contributed by atoms with E-state index in [4.69, 9.17) is 15.2 Å². The Balaban J connectivity index is 2.78. The van der Waals surface area contributed by atoms with Crippen LogP contribution in [0.1, 0.15) is 31.9 Å². The molecule has 0 heterocycles. The Morgan fingerprint density at radius 2 is 2.06 bits per heavy atom. The third kappa shape index (κ3) is 3.91. The Bertz CT molecular complexity index is 353. The number of hydrogen-bond acceptors (Lipinski definition) is 4.